The van der Waals surface area contributed by atoms with Crippen molar-refractivity contribution >= 4 is 24.2 Å². The first-order valence-electron chi connectivity index (χ1n) is 9.09. The topological polar surface area (TPSA) is 135 Å². The number of aliphatic hydroxyl groups excluding tert-OH is 1. The smallest absolute Gasteiger partial charge is 0.303 e. The maximum Gasteiger partial charge on any atom is 0.303 e. The average Bonchev–Trinajstić information content (AvgIpc) is 2.70. The molecule has 5 atom stereocenters. The summed E-state index contributed by atoms with van der Waals surface area (Å²) in [6.07, 6.45) is -4.58. The Morgan fingerprint density at radius 1 is 1.00 bits per heavy atom. The van der Waals surface area contributed by atoms with Crippen LogP contribution in [0.1, 0.15) is 36.7 Å². The highest BCUT2D eigenvalue weighted by molar-refractivity contribution is 5.74. The summed E-state index contributed by atoms with van der Waals surface area (Å²) in [4.78, 5) is 46.3. The molecule has 0 spiro atoms. The average molecular weight is 424 g/mol. The van der Waals surface area contributed by atoms with E-state index >= 15 is 0 Å². The van der Waals surface area contributed by atoms with E-state index in [2.05, 4.69) is 0 Å². The summed E-state index contributed by atoms with van der Waals surface area (Å²) in [6.45, 7) is 2.78. The highest BCUT2D eigenvalue weighted by Crippen LogP contribution is 2.43. The second-order valence-electron chi connectivity index (χ2n) is 6.63. The number of carbonyl (C=O) groups excluding carboxylic acids is 4. The number of hydrogen-bond acceptors (Lipinski definition) is 10. The molecule has 1 saturated heterocycles. The first kappa shape index (κ1) is 23.5. The number of benzene rings is 1. The molecule has 10 heteroatoms. The molecule has 0 radical (unpaired) electrons. The lowest BCUT2D eigenvalue weighted by Gasteiger charge is -2.50. The normalized spacial score (nSPS) is 28.3. The van der Waals surface area contributed by atoms with Gasteiger partial charge in [-0.25, -0.2) is 0 Å². The molecule has 1 heterocycles. The molecular formula is C20H24O10. The van der Waals surface area contributed by atoms with Gasteiger partial charge < -0.3 is 28.8 Å². The Morgan fingerprint density at radius 3 is 1.97 bits per heavy atom. The Balaban J connectivity index is 2.67. The number of hydrogen-bond donors (Lipinski definition) is 1. The second kappa shape index (κ2) is 9.79. The number of carbonyl (C=O) groups is 4. The van der Waals surface area contributed by atoms with Crippen LogP contribution in [0.3, 0.4) is 0 Å². The third kappa shape index (κ3) is 4.84. The highest BCUT2D eigenvalue weighted by Gasteiger charge is 2.61. The van der Waals surface area contributed by atoms with Gasteiger partial charge in [0.1, 0.15) is 12.4 Å². The molecule has 0 bridgehead atoms. The van der Waals surface area contributed by atoms with E-state index < -0.39 is 54.7 Å². The van der Waals surface area contributed by atoms with Gasteiger partial charge in [-0.3, -0.25) is 19.2 Å². The fourth-order valence-electron chi connectivity index (χ4n) is 3.39. The van der Waals surface area contributed by atoms with E-state index in [0.29, 0.717) is 17.4 Å². The first-order chi connectivity index (χ1) is 14.2. The molecule has 1 fully saturated rings. The highest BCUT2D eigenvalue weighted by atomic mass is 16.7. The van der Waals surface area contributed by atoms with Crippen molar-refractivity contribution in [1.29, 1.82) is 0 Å². The van der Waals surface area contributed by atoms with Gasteiger partial charge >= 0.3 is 17.9 Å². The van der Waals surface area contributed by atoms with Crippen molar-refractivity contribution in [3.8, 4) is 0 Å². The summed E-state index contributed by atoms with van der Waals surface area (Å²) in [5, 5.41) is 9.88. The van der Waals surface area contributed by atoms with Gasteiger partial charge in [0.15, 0.2) is 12.2 Å². The molecule has 1 N–H and O–H groups in total. The minimum Gasteiger partial charge on any atom is -0.456 e. The Morgan fingerprint density at radius 2 is 1.53 bits per heavy atom. The van der Waals surface area contributed by atoms with Crippen LogP contribution >= 0.6 is 0 Å². The van der Waals surface area contributed by atoms with Gasteiger partial charge in [0.05, 0.1) is 6.61 Å². The van der Waals surface area contributed by atoms with Crippen molar-refractivity contribution < 1.29 is 48.0 Å². The quantitative estimate of drug-likeness (QED) is 0.374. The van der Waals surface area contributed by atoms with Crippen molar-refractivity contribution in [2.45, 2.75) is 51.0 Å². The minimum atomic E-state index is -1.84. The third-order valence-corrected chi connectivity index (χ3v) is 4.52. The molecule has 0 unspecified atom stereocenters. The van der Waals surface area contributed by atoms with E-state index in [1.54, 1.807) is 0 Å². The summed E-state index contributed by atoms with van der Waals surface area (Å²) in [6, 6.07) is 6.00. The van der Waals surface area contributed by atoms with Gasteiger partial charge in [-0.1, -0.05) is 24.3 Å². The molecule has 10 nitrogen and oxygen atoms in total. The van der Waals surface area contributed by atoms with Gasteiger partial charge in [0, 0.05) is 39.0 Å². The summed E-state index contributed by atoms with van der Waals surface area (Å²) in [5.74, 6) is -4.04. The van der Waals surface area contributed by atoms with Crippen LogP contribution in [0.4, 0.5) is 0 Å². The number of aldehydes is 1. The van der Waals surface area contributed by atoms with Gasteiger partial charge in [0.2, 0.25) is 11.9 Å². The van der Waals surface area contributed by atoms with Crippen molar-refractivity contribution in [1.82, 2.24) is 0 Å². The van der Waals surface area contributed by atoms with E-state index in [-0.39, 0.29) is 0 Å². The van der Waals surface area contributed by atoms with Gasteiger partial charge in [0.25, 0.3) is 0 Å². The lowest BCUT2D eigenvalue weighted by molar-refractivity contribution is -0.367. The molecule has 1 aliphatic rings. The lowest BCUT2D eigenvalue weighted by atomic mass is 9.87. The van der Waals surface area contributed by atoms with Crippen LogP contribution in [0.15, 0.2) is 24.3 Å². The molecule has 1 aromatic rings. The van der Waals surface area contributed by atoms with Gasteiger partial charge in [-0.2, -0.15) is 0 Å². The monoisotopic (exact) mass is 424 g/mol. The van der Waals surface area contributed by atoms with E-state index in [4.69, 9.17) is 23.7 Å². The predicted molar refractivity (Wildman–Crippen MR) is 99.1 cm³/mol. The molecular weight excluding hydrogens is 400 g/mol. The lowest BCUT2D eigenvalue weighted by Crippen LogP contribution is -2.67. The maximum atomic E-state index is 11.9. The Hall–Kier alpha value is -2.82. The van der Waals surface area contributed by atoms with Crippen LogP contribution in [0.2, 0.25) is 0 Å². The molecule has 1 aromatic carbocycles. The zero-order valence-corrected chi connectivity index (χ0v) is 17.0. The van der Waals surface area contributed by atoms with Crippen LogP contribution in [0, 0.1) is 0 Å². The number of aliphatic hydroxyl groups is 1. The van der Waals surface area contributed by atoms with Crippen molar-refractivity contribution in [3.63, 3.8) is 0 Å². The first-order valence-corrected chi connectivity index (χ1v) is 9.09. The number of ether oxygens (including phenoxy) is 5. The Kier molecular flexibility index (Phi) is 7.65. The summed E-state index contributed by atoms with van der Waals surface area (Å²) < 4.78 is 27.6. The van der Waals surface area contributed by atoms with Gasteiger partial charge in [-0.05, 0) is 0 Å². The summed E-state index contributed by atoms with van der Waals surface area (Å²) in [5.41, 5.74) is 0.691. The van der Waals surface area contributed by atoms with Crippen LogP contribution < -0.4 is 0 Å². The molecule has 1 aliphatic heterocycles. The van der Waals surface area contributed by atoms with Crippen molar-refractivity contribution in [2.24, 2.45) is 0 Å². The van der Waals surface area contributed by atoms with Crippen molar-refractivity contribution in [3.05, 3.63) is 35.4 Å². The minimum absolute atomic E-state index is 0.318. The molecule has 0 aliphatic carbocycles. The Bertz CT molecular complexity index is 789. The standard InChI is InChI=1S/C20H24O10/c1-11(23)27-17-16(10-22)30-20(26-4,15-7-5-14(9-21)6-8-15)19(29-13(3)25)18(17)28-12(2)24/h5-9,16-19,22H,10H2,1-4H3/t16-,17-,18+,19-,20-/m1/s1. The fourth-order valence-corrected chi connectivity index (χ4v) is 3.39. The predicted octanol–water partition coefficient (Wildman–Crippen LogP) is 0.484. The van der Waals surface area contributed by atoms with E-state index in [9.17, 15) is 24.3 Å². The van der Waals surface area contributed by atoms with Crippen LogP contribution in [0.5, 0.6) is 0 Å². The summed E-state index contributed by atoms with van der Waals surface area (Å²) in [7, 11) is 1.27. The molecule has 2 rings (SSSR count). The second-order valence-corrected chi connectivity index (χ2v) is 6.63. The number of esters is 3. The molecule has 0 saturated carbocycles. The Labute approximate surface area is 173 Å². The molecule has 0 aromatic heterocycles. The van der Waals surface area contributed by atoms with E-state index in [1.165, 1.54) is 31.4 Å². The zero-order valence-electron chi connectivity index (χ0n) is 17.0. The molecule has 164 valence electrons. The van der Waals surface area contributed by atoms with Crippen LogP contribution in [-0.2, 0) is 43.9 Å². The molecule has 0 amide bonds. The number of methoxy groups -OCH3 is 1. The summed E-state index contributed by atoms with van der Waals surface area (Å²) >= 11 is 0. The SMILES string of the molecule is CO[C@]1(c2ccc(C=O)cc2)O[C@H](CO)[C@@H](OC(C)=O)[C@H](OC(C)=O)[C@H]1OC(C)=O. The number of rotatable bonds is 7. The zero-order chi connectivity index (χ0) is 22.5. The fraction of sp³-hybridized carbons (Fsp3) is 0.500. The van der Waals surface area contributed by atoms with Crippen LogP contribution in [-0.4, -0.2) is 67.4 Å². The molecule has 30 heavy (non-hydrogen) atoms. The van der Waals surface area contributed by atoms with Gasteiger partial charge in [-0.15, -0.1) is 0 Å². The van der Waals surface area contributed by atoms with Crippen molar-refractivity contribution in [2.75, 3.05) is 13.7 Å². The van der Waals surface area contributed by atoms with E-state index in [1.807, 2.05) is 0 Å². The third-order valence-electron chi connectivity index (χ3n) is 4.52. The maximum absolute atomic E-state index is 11.9. The van der Waals surface area contributed by atoms with E-state index in [0.717, 1.165) is 20.8 Å². The van der Waals surface area contributed by atoms with Crippen LogP contribution in [0.25, 0.3) is 0 Å². The largest absolute Gasteiger partial charge is 0.456 e.